The van der Waals surface area contributed by atoms with Crippen molar-refractivity contribution >= 4 is 22.7 Å². The summed E-state index contributed by atoms with van der Waals surface area (Å²) in [6, 6.07) is 9.22. The van der Waals surface area contributed by atoms with Crippen LogP contribution >= 0.6 is 11.8 Å². The van der Waals surface area contributed by atoms with Crippen LogP contribution in [0.3, 0.4) is 0 Å². The van der Waals surface area contributed by atoms with Crippen molar-refractivity contribution in [2.75, 3.05) is 0 Å². The Morgan fingerprint density at radius 1 is 0.947 bits per heavy atom. The highest BCUT2D eigenvalue weighted by molar-refractivity contribution is 7.98. The van der Waals surface area contributed by atoms with E-state index in [0.29, 0.717) is 5.52 Å². The fourth-order valence-corrected chi connectivity index (χ4v) is 2.65. The quantitative estimate of drug-likeness (QED) is 0.585. The van der Waals surface area contributed by atoms with E-state index in [4.69, 9.17) is 0 Å². The monoisotopic (exact) mass is 269 g/mol. The van der Waals surface area contributed by atoms with Crippen molar-refractivity contribution in [3.63, 3.8) is 0 Å². The van der Waals surface area contributed by atoms with Crippen LogP contribution in [0.1, 0.15) is 5.56 Å². The molecule has 94 valence electrons. The molecule has 0 radical (unpaired) electrons. The smallest absolute Gasteiger partial charge is 0.187 e. The highest BCUT2D eigenvalue weighted by Crippen LogP contribution is 2.29. The lowest BCUT2D eigenvalue weighted by atomic mass is 10.1. The summed E-state index contributed by atoms with van der Waals surface area (Å²) in [5.74, 6) is 0.951. The van der Waals surface area contributed by atoms with Gasteiger partial charge in [-0.15, -0.1) is 0 Å². The molecular weight excluding hydrogens is 258 g/mol. The van der Waals surface area contributed by atoms with Crippen molar-refractivity contribution in [3.8, 4) is 5.75 Å². The number of hydrogen-bond donors (Lipinski definition) is 1. The van der Waals surface area contributed by atoms with Crippen LogP contribution in [0.2, 0.25) is 0 Å². The maximum absolute atomic E-state index is 9.79. The number of nitrogens with zero attached hydrogens (tertiary/aromatic N) is 3. The molecule has 0 bridgehead atoms. The third kappa shape index (κ3) is 2.51. The van der Waals surface area contributed by atoms with Gasteiger partial charge in [-0.2, -0.15) is 0 Å². The molecule has 19 heavy (non-hydrogen) atoms. The van der Waals surface area contributed by atoms with Crippen molar-refractivity contribution in [1.29, 1.82) is 0 Å². The molecule has 0 fully saturated rings. The molecule has 3 rings (SSSR count). The molecule has 0 aliphatic carbocycles. The zero-order chi connectivity index (χ0) is 13.1. The van der Waals surface area contributed by atoms with Gasteiger partial charge in [-0.05, 0) is 23.8 Å². The Kier molecular flexibility index (Phi) is 3.29. The molecule has 0 amide bonds. The first kappa shape index (κ1) is 11.9. The van der Waals surface area contributed by atoms with Crippen LogP contribution in [-0.2, 0) is 5.75 Å². The molecule has 0 atom stereocenters. The lowest BCUT2D eigenvalue weighted by Gasteiger charge is -2.06. The number of aromatic hydroxyl groups is 1. The first-order chi connectivity index (χ1) is 9.34. The van der Waals surface area contributed by atoms with E-state index in [1.807, 2.05) is 18.2 Å². The number of phenolic OH excluding ortho intramolecular Hbond substituents is 1. The molecule has 5 heteroatoms. The van der Waals surface area contributed by atoms with Crippen molar-refractivity contribution in [3.05, 3.63) is 54.5 Å². The zero-order valence-electron chi connectivity index (χ0n) is 10.0. The molecule has 2 aromatic heterocycles. The van der Waals surface area contributed by atoms with Crippen LogP contribution < -0.4 is 0 Å². The van der Waals surface area contributed by atoms with Gasteiger partial charge in [0, 0.05) is 29.7 Å². The molecule has 0 aliphatic rings. The lowest BCUT2D eigenvalue weighted by Crippen LogP contribution is -1.89. The molecule has 0 aliphatic heterocycles. The minimum absolute atomic E-state index is 0.209. The second-order valence-electron chi connectivity index (χ2n) is 3.96. The number of thioether (sulfide) groups is 1. The van der Waals surface area contributed by atoms with Crippen LogP contribution in [-0.4, -0.2) is 20.1 Å². The van der Waals surface area contributed by atoms with Crippen molar-refractivity contribution in [2.45, 2.75) is 10.9 Å². The summed E-state index contributed by atoms with van der Waals surface area (Å²) in [6.07, 6.45) is 5.14. The van der Waals surface area contributed by atoms with Gasteiger partial charge in [0.05, 0.1) is 0 Å². The predicted octanol–water partition coefficient (Wildman–Crippen LogP) is 3.02. The number of fused-ring (bicyclic) bond motifs is 1. The Balaban J connectivity index is 1.91. The van der Waals surface area contributed by atoms with Gasteiger partial charge in [0.25, 0.3) is 0 Å². The Bertz CT molecular complexity index is 703. The second kappa shape index (κ2) is 5.24. The number of hydrogen-bond acceptors (Lipinski definition) is 5. The normalized spacial score (nSPS) is 10.7. The maximum Gasteiger partial charge on any atom is 0.187 e. The third-order valence-corrected chi connectivity index (χ3v) is 3.66. The van der Waals surface area contributed by atoms with Gasteiger partial charge < -0.3 is 5.11 Å². The van der Waals surface area contributed by atoms with Crippen LogP contribution in [0.5, 0.6) is 5.75 Å². The van der Waals surface area contributed by atoms with Gasteiger partial charge >= 0.3 is 0 Å². The number of rotatable bonds is 3. The summed E-state index contributed by atoms with van der Waals surface area (Å²) >= 11 is 1.56. The zero-order valence-corrected chi connectivity index (χ0v) is 10.8. The third-order valence-electron chi connectivity index (χ3n) is 2.74. The molecule has 1 N–H and O–H groups in total. The van der Waals surface area contributed by atoms with Crippen LogP contribution in [0, 0.1) is 0 Å². The standard InChI is InChI=1S/C14H11N3OS/c18-12-5-4-10(11-3-1-6-15-13(11)12)9-19-14-16-7-2-8-17-14/h1-8,18H,9H2. The van der Waals surface area contributed by atoms with Crippen LogP contribution in [0.15, 0.2) is 54.1 Å². The fourth-order valence-electron chi connectivity index (χ4n) is 1.84. The summed E-state index contributed by atoms with van der Waals surface area (Å²) in [4.78, 5) is 12.6. The van der Waals surface area contributed by atoms with E-state index in [1.165, 1.54) is 0 Å². The molecule has 3 aromatic rings. The molecule has 2 heterocycles. The lowest BCUT2D eigenvalue weighted by molar-refractivity contribution is 0.480. The molecule has 4 nitrogen and oxygen atoms in total. The summed E-state index contributed by atoms with van der Waals surface area (Å²) < 4.78 is 0. The van der Waals surface area contributed by atoms with E-state index in [0.717, 1.165) is 21.9 Å². The summed E-state index contributed by atoms with van der Waals surface area (Å²) in [7, 11) is 0. The van der Waals surface area contributed by atoms with E-state index in [-0.39, 0.29) is 5.75 Å². The number of phenols is 1. The largest absolute Gasteiger partial charge is 0.506 e. The van der Waals surface area contributed by atoms with Crippen molar-refractivity contribution in [2.24, 2.45) is 0 Å². The van der Waals surface area contributed by atoms with E-state index in [2.05, 4.69) is 15.0 Å². The van der Waals surface area contributed by atoms with Crippen molar-refractivity contribution < 1.29 is 5.11 Å². The van der Waals surface area contributed by atoms with Crippen LogP contribution in [0.25, 0.3) is 10.9 Å². The number of pyridine rings is 1. The molecule has 0 saturated carbocycles. The van der Waals surface area contributed by atoms with Gasteiger partial charge in [0.2, 0.25) is 0 Å². The van der Waals surface area contributed by atoms with Gasteiger partial charge in [-0.1, -0.05) is 23.9 Å². The molecule has 1 aromatic carbocycles. The minimum atomic E-state index is 0.209. The van der Waals surface area contributed by atoms with Gasteiger partial charge in [-0.3, -0.25) is 4.98 Å². The highest BCUT2D eigenvalue weighted by atomic mass is 32.2. The average molecular weight is 269 g/mol. The molecular formula is C14H11N3OS. The Hall–Kier alpha value is -2.14. The Morgan fingerprint density at radius 2 is 1.74 bits per heavy atom. The number of benzene rings is 1. The van der Waals surface area contributed by atoms with E-state index in [9.17, 15) is 5.11 Å². The van der Waals surface area contributed by atoms with Gasteiger partial charge in [0.1, 0.15) is 11.3 Å². The molecule has 0 unspecified atom stereocenters. The summed E-state index contributed by atoms with van der Waals surface area (Å²) in [6.45, 7) is 0. The van der Waals surface area contributed by atoms with Crippen LogP contribution in [0.4, 0.5) is 0 Å². The fraction of sp³-hybridized carbons (Fsp3) is 0.0714. The van der Waals surface area contributed by atoms with E-state index < -0.39 is 0 Å². The first-order valence-electron chi connectivity index (χ1n) is 5.80. The van der Waals surface area contributed by atoms with Crippen molar-refractivity contribution in [1.82, 2.24) is 15.0 Å². The highest BCUT2D eigenvalue weighted by Gasteiger charge is 2.07. The van der Waals surface area contributed by atoms with Gasteiger partial charge in [0.15, 0.2) is 5.16 Å². The second-order valence-corrected chi connectivity index (χ2v) is 4.91. The minimum Gasteiger partial charge on any atom is -0.506 e. The summed E-state index contributed by atoms with van der Waals surface area (Å²) in [5.41, 5.74) is 1.74. The van der Waals surface area contributed by atoms with Gasteiger partial charge in [-0.25, -0.2) is 9.97 Å². The SMILES string of the molecule is Oc1ccc(CSc2ncccn2)c2cccnc12. The topological polar surface area (TPSA) is 58.9 Å². The molecule has 0 saturated heterocycles. The molecule has 0 spiro atoms. The predicted molar refractivity (Wildman–Crippen MR) is 75.0 cm³/mol. The summed E-state index contributed by atoms with van der Waals surface area (Å²) in [5, 5.41) is 11.5. The van der Waals surface area contributed by atoms with E-state index in [1.54, 1.807) is 42.5 Å². The Morgan fingerprint density at radius 3 is 2.58 bits per heavy atom. The average Bonchev–Trinajstić information content (AvgIpc) is 2.48. The first-order valence-corrected chi connectivity index (χ1v) is 6.78. The van der Waals surface area contributed by atoms with E-state index >= 15 is 0 Å². The Labute approximate surface area is 114 Å². The maximum atomic E-state index is 9.79. The number of aromatic nitrogens is 3.